The number of hydrogen-bond acceptors (Lipinski definition) is 3. The zero-order chi connectivity index (χ0) is 7.72. The van der Waals surface area contributed by atoms with Crippen molar-refractivity contribution in [2.24, 2.45) is 4.99 Å². The fraction of sp³-hybridized carbons (Fsp3) is 0.286. The van der Waals surface area contributed by atoms with E-state index in [0.29, 0.717) is 5.82 Å². The third kappa shape index (κ3) is 1.03. The van der Waals surface area contributed by atoms with Gasteiger partial charge in [-0.3, -0.25) is 0 Å². The molecule has 1 N–H and O–H groups in total. The molecule has 0 aromatic carbocycles. The minimum atomic E-state index is 0.653. The third-order valence-electron chi connectivity index (χ3n) is 1.48. The number of amidine groups is 1. The highest BCUT2D eigenvalue weighted by molar-refractivity contribution is 5.82. The largest absolute Gasteiger partial charge is 0.327 e. The monoisotopic (exact) mass is 137 g/mol. The second kappa shape index (κ2) is 2.17. The van der Waals surface area contributed by atoms with Gasteiger partial charge >= 0.3 is 0 Å². The van der Waals surface area contributed by atoms with E-state index in [9.17, 15) is 0 Å². The molecule has 0 amide bonds. The van der Waals surface area contributed by atoms with Gasteiger partial charge in [0.1, 0.15) is 17.5 Å². The van der Waals surface area contributed by atoms with Crippen molar-refractivity contribution in [1.82, 2.24) is 10.2 Å². The van der Waals surface area contributed by atoms with Crippen LogP contribution in [0.15, 0.2) is 29.8 Å². The Bertz CT molecular complexity index is 215. The minimum absolute atomic E-state index is 0.653. The predicted molar refractivity (Wildman–Crippen MR) is 42.3 cm³/mol. The van der Waals surface area contributed by atoms with Crippen molar-refractivity contribution >= 4 is 5.84 Å². The van der Waals surface area contributed by atoms with Crippen LogP contribution in [-0.2, 0) is 0 Å². The van der Waals surface area contributed by atoms with E-state index < -0.39 is 0 Å². The number of nitrogens with zero attached hydrogens (tertiary/aromatic N) is 2. The second-order valence-electron chi connectivity index (χ2n) is 2.24. The molecular formula is C7H11N3. The zero-order valence-corrected chi connectivity index (χ0v) is 6.31. The van der Waals surface area contributed by atoms with Gasteiger partial charge in [-0.25, -0.2) is 4.99 Å². The lowest BCUT2D eigenvalue weighted by Gasteiger charge is -2.26. The zero-order valence-electron chi connectivity index (χ0n) is 6.31. The molecular weight excluding hydrogens is 126 g/mol. The highest BCUT2D eigenvalue weighted by Crippen LogP contribution is 2.06. The van der Waals surface area contributed by atoms with Crippen LogP contribution in [0.5, 0.6) is 0 Å². The number of nitrogens with one attached hydrogen (secondary N) is 1. The van der Waals surface area contributed by atoms with Crippen molar-refractivity contribution in [2.75, 3.05) is 7.05 Å². The second-order valence-corrected chi connectivity index (χ2v) is 2.24. The maximum atomic E-state index is 4.09. The van der Waals surface area contributed by atoms with Crippen molar-refractivity contribution in [2.45, 2.75) is 6.92 Å². The Hall–Kier alpha value is -1.25. The van der Waals surface area contributed by atoms with Gasteiger partial charge in [0.15, 0.2) is 0 Å². The van der Waals surface area contributed by atoms with E-state index in [2.05, 4.69) is 23.5 Å². The van der Waals surface area contributed by atoms with E-state index in [1.165, 1.54) is 0 Å². The van der Waals surface area contributed by atoms with Gasteiger partial charge in [-0.05, 0) is 6.92 Å². The Morgan fingerprint density at radius 3 is 2.60 bits per heavy atom. The Morgan fingerprint density at radius 1 is 1.50 bits per heavy atom. The average Bonchev–Trinajstić information content (AvgIpc) is 1.82. The average molecular weight is 137 g/mol. The molecule has 1 rings (SSSR count). The van der Waals surface area contributed by atoms with Crippen molar-refractivity contribution in [3.05, 3.63) is 24.8 Å². The number of aliphatic imine (C=N–C) groups is 1. The Kier molecular flexibility index (Phi) is 1.49. The molecule has 3 heteroatoms. The summed E-state index contributed by atoms with van der Waals surface area (Å²) in [6, 6.07) is 0. The SMILES string of the molecule is C=C1N=C(C)N(C)C(=C)N1. The highest BCUT2D eigenvalue weighted by Gasteiger charge is 2.10. The van der Waals surface area contributed by atoms with Crippen LogP contribution in [-0.4, -0.2) is 17.8 Å². The molecule has 0 radical (unpaired) electrons. The Labute approximate surface area is 60.7 Å². The van der Waals surface area contributed by atoms with Gasteiger partial charge in [0.05, 0.1) is 0 Å². The van der Waals surface area contributed by atoms with Crippen LogP contribution in [0.3, 0.4) is 0 Å². The lowest BCUT2D eigenvalue weighted by Crippen LogP contribution is -2.35. The van der Waals surface area contributed by atoms with Crippen LogP contribution in [0.1, 0.15) is 6.92 Å². The lowest BCUT2D eigenvalue weighted by atomic mass is 10.5. The van der Waals surface area contributed by atoms with E-state index in [-0.39, 0.29) is 0 Å². The molecule has 1 aliphatic heterocycles. The van der Waals surface area contributed by atoms with Crippen LogP contribution in [0, 0.1) is 0 Å². The number of rotatable bonds is 0. The molecule has 0 aliphatic carbocycles. The molecule has 0 unspecified atom stereocenters. The van der Waals surface area contributed by atoms with Crippen LogP contribution < -0.4 is 5.32 Å². The maximum absolute atomic E-state index is 4.09. The lowest BCUT2D eigenvalue weighted by molar-refractivity contribution is 0.551. The molecule has 0 saturated heterocycles. The van der Waals surface area contributed by atoms with E-state index in [4.69, 9.17) is 0 Å². The fourth-order valence-corrected chi connectivity index (χ4v) is 0.744. The van der Waals surface area contributed by atoms with Crippen LogP contribution in [0.2, 0.25) is 0 Å². The van der Waals surface area contributed by atoms with Gasteiger partial charge in [-0.1, -0.05) is 13.2 Å². The van der Waals surface area contributed by atoms with Gasteiger partial charge < -0.3 is 10.2 Å². The Morgan fingerprint density at radius 2 is 2.10 bits per heavy atom. The summed E-state index contributed by atoms with van der Waals surface area (Å²) in [6.45, 7) is 9.35. The van der Waals surface area contributed by atoms with Crippen molar-refractivity contribution in [3.63, 3.8) is 0 Å². The van der Waals surface area contributed by atoms with E-state index in [1.807, 2.05) is 18.9 Å². The summed E-state index contributed by atoms with van der Waals surface area (Å²) < 4.78 is 0. The maximum Gasteiger partial charge on any atom is 0.126 e. The first-order valence-electron chi connectivity index (χ1n) is 3.05. The summed E-state index contributed by atoms with van der Waals surface area (Å²) in [5, 5.41) is 2.91. The normalized spacial score (nSPS) is 18.6. The van der Waals surface area contributed by atoms with Crippen LogP contribution >= 0.6 is 0 Å². The fourth-order valence-electron chi connectivity index (χ4n) is 0.744. The van der Waals surface area contributed by atoms with E-state index in [1.54, 1.807) is 0 Å². The summed E-state index contributed by atoms with van der Waals surface area (Å²) in [7, 11) is 1.90. The quantitative estimate of drug-likeness (QED) is 0.536. The summed E-state index contributed by atoms with van der Waals surface area (Å²) in [6.07, 6.45) is 0. The minimum Gasteiger partial charge on any atom is -0.327 e. The van der Waals surface area contributed by atoms with Gasteiger partial charge in [0.2, 0.25) is 0 Å². The Balaban J connectivity index is 2.91. The van der Waals surface area contributed by atoms with Gasteiger partial charge in [-0.15, -0.1) is 0 Å². The van der Waals surface area contributed by atoms with Crippen molar-refractivity contribution in [1.29, 1.82) is 0 Å². The molecule has 0 fully saturated rings. The molecule has 3 nitrogen and oxygen atoms in total. The first kappa shape index (κ1) is 6.86. The van der Waals surface area contributed by atoms with E-state index in [0.717, 1.165) is 11.7 Å². The van der Waals surface area contributed by atoms with Crippen LogP contribution in [0.4, 0.5) is 0 Å². The molecule has 0 saturated carbocycles. The molecule has 0 aromatic heterocycles. The van der Waals surface area contributed by atoms with E-state index >= 15 is 0 Å². The summed E-state index contributed by atoms with van der Waals surface area (Å²) in [5.41, 5.74) is 0. The molecule has 1 aliphatic rings. The molecule has 0 atom stereocenters. The van der Waals surface area contributed by atoms with Crippen molar-refractivity contribution in [3.8, 4) is 0 Å². The summed E-state index contributed by atoms with van der Waals surface area (Å²) in [4.78, 5) is 5.96. The van der Waals surface area contributed by atoms with Gasteiger partial charge in [0.25, 0.3) is 0 Å². The third-order valence-corrected chi connectivity index (χ3v) is 1.48. The molecule has 0 aromatic rings. The molecule has 10 heavy (non-hydrogen) atoms. The molecule has 54 valence electrons. The smallest absolute Gasteiger partial charge is 0.126 e. The summed E-state index contributed by atoms with van der Waals surface area (Å²) >= 11 is 0. The number of hydrogen-bond donors (Lipinski definition) is 1. The molecule has 1 heterocycles. The van der Waals surface area contributed by atoms with Crippen molar-refractivity contribution < 1.29 is 0 Å². The first-order valence-corrected chi connectivity index (χ1v) is 3.05. The highest BCUT2D eigenvalue weighted by atomic mass is 15.3. The first-order chi connectivity index (χ1) is 4.61. The topological polar surface area (TPSA) is 27.6 Å². The summed E-state index contributed by atoms with van der Waals surface area (Å²) in [5.74, 6) is 2.38. The molecule has 0 bridgehead atoms. The molecule has 0 spiro atoms. The van der Waals surface area contributed by atoms with Crippen LogP contribution in [0.25, 0.3) is 0 Å². The standard InChI is InChI=1S/C7H11N3/c1-5-8-6(2)10(4)7(3)9-5/h8H,1-2H2,3-4H3. The van der Waals surface area contributed by atoms with Gasteiger partial charge in [0, 0.05) is 7.05 Å². The predicted octanol–water partition coefficient (Wildman–Crippen LogP) is 0.882. The van der Waals surface area contributed by atoms with Gasteiger partial charge in [-0.2, -0.15) is 0 Å².